The predicted octanol–water partition coefficient (Wildman–Crippen LogP) is 5.11. The third kappa shape index (κ3) is 7.11. The van der Waals surface area contributed by atoms with E-state index in [1.165, 1.54) is 24.3 Å². The minimum absolute atomic E-state index is 0.196. The Morgan fingerprint density at radius 2 is 1.77 bits per heavy atom. The van der Waals surface area contributed by atoms with Gasteiger partial charge in [-0.1, -0.05) is 30.2 Å². The molecular weight excluding hydrogens is 611 g/mol. The highest BCUT2D eigenvalue weighted by atomic mass is 19.4. The number of imidazole rings is 1. The zero-order valence-corrected chi connectivity index (χ0v) is 25.8. The average Bonchev–Trinajstić information content (AvgIpc) is 3.81. The van der Waals surface area contributed by atoms with E-state index in [2.05, 4.69) is 47.0 Å². The van der Waals surface area contributed by atoms with E-state index in [1.807, 2.05) is 30.9 Å². The maximum atomic E-state index is 13.5. The van der Waals surface area contributed by atoms with Crippen LogP contribution < -0.4 is 15.4 Å². The molecule has 12 nitrogen and oxygen atoms in total. The summed E-state index contributed by atoms with van der Waals surface area (Å²) in [5.41, 5.74) is 7.99. The minimum Gasteiger partial charge on any atom is -0.480 e. The third-order valence-electron chi connectivity index (χ3n) is 7.40. The molecular formula is C32H30F3N11O. The Morgan fingerprint density at radius 3 is 2.43 bits per heavy atom. The van der Waals surface area contributed by atoms with Crippen molar-refractivity contribution in [1.29, 1.82) is 0 Å². The number of nitrogens with two attached hydrogens (primary N) is 1. The topological polar surface area (TPSA) is 147 Å². The first-order valence-electron chi connectivity index (χ1n) is 14.8. The molecule has 1 saturated carbocycles. The highest BCUT2D eigenvalue weighted by Crippen LogP contribution is 2.44. The van der Waals surface area contributed by atoms with Gasteiger partial charge in [0.05, 0.1) is 19.3 Å². The second-order valence-electron chi connectivity index (χ2n) is 11.2. The Morgan fingerprint density at radius 1 is 1.00 bits per heavy atom. The Kier molecular flexibility index (Phi) is 8.66. The lowest BCUT2D eigenvalue weighted by molar-refractivity contribution is -0.140. The quantitative estimate of drug-likeness (QED) is 0.214. The van der Waals surface area contributed by atoms with E-state index in [0.29, 0.717) is 41.0 Å². The largest absolute Gasteiger partial charge is 0.480 e. The minimum atomic E-state index is -4.55. The molecule has 0 saturated heterocycles. The van der Waals surface area contributed by atoms with Crippen LogP contribution in [0.25, 0.3) is 22.8 Å². The number of aromatic nitrogens is 9. The standard InChI is InChI=1S/C32H30F3N11O/c1-19(2)46-16-24(32(33,34)35)41-29(46)22-8-6-20(7-9-22)15-45(14-4-5-23-12-13-25(36)44-43-23)31-40-18-38-28(42-31)26-27(21-10-11-21)37-17-39-30(26)47-3/h6-9,12-13,16-19,21H,10-11,14-15H2,1-3H3,(H2,36,44). The van der Waals surface area contributed by atoms with Crippen molar-refractivity contribution in [2.24, 2.45) is 0 Å². The number of nitrogen functional groups attached to an aromatic ring is 1. The normalized spacial score (nSPS) is 12.9. The molecule has 0 aliphatic heterocycles. The molecule has 240 valence electrons. The third-order valence-corrected chi connectivity index (χ3v) is 7.40. The van der Waals surface area contributed by atoms with Crippen LogP contribution in [-0.4, -0.2) is 58.3 Å². The molecule has 0 atom stereocenters. The van der Waals surface area contributed by atoms with Gasteiger partial charge in [-0.2, -0.15) is 18.2 Å². The summed E-state index contributed by atoms with van der Waals surface area (Å²) >= 11 is 0. The van der Waals surface area contributed by atoms with Crippen LogP contribution in [0.15, 0.2) is 55.2 Å². The molecule has 0 bridgehead atoms. The lowest BCUT2D eigenvalue weighted by Gasteiger charge is -2.21. The molecule has 0 amide bonds. The zero-order chi connectivity index (χ0) is 33.1. The van der Waals surface area contributed by atoms with Crippen molar-refractivity contribution in [1.82, 2.24) is 44.7 Å². The summed E-state index contributed by atoms with van der Waals surface area (Å²) in [7, 11) is 1.54. The van der Waals surface area contributed by atoms with Gasteiger partial charge in [-0.3, -0.25) is 0 Å². The van der Waals surface area contributed by atoms with Crippen molar-refractivity contribution < 1.29 is 17.9 Å². The predicted molar refractivity (Wildman–Crippen MR) is 167 cm³/mol. The molecule has 5 aromatic rings. The van der Waals surface area contributed by atoms with E-state index in [4.69, 9.17) is 15.5 Å². The number of halogens is 3. The molecule has 4 heterocycles. The van der Waals surface area contributed by atoms with Crippen molar-refractivity contribution >= 4 is 11.8 Å². The Hall–Kier alpha value is -5.65. The zero-order valence-electron chi connectivity index (χ0n) is 25.8. The Balaban J connectivity index is 1.33. The lowest BCUT2D eigenvalue weighted by atomic mass is 10.1. The molecule has 1 aromatic carbocycles. The van der Waals surface area contributed by atoms with Crippen LogP contribution in [0.3, 0.4) is 0 Å². The van der Waals surface area contributed by atoms with Crippen LogP contribution in [-0.2, 0) is 12.7 Å². The van der Waals surface area contributed by atoms with E-state index in [-0.39, 0.29) is 30.1 Å². The summed E-state index contributed by atoms with van der Waals surface area (Å²) in [6, 6.07) is 10.2. The second kappa shape index (κ2) is 13.0. The molecule has 2 N–H and O–H groups in total. The summed E-state index contributed by atoms with van der Waals surface area (Å²) in [5, 5.41) is 7.84. The van der Waals surface area contributed by atoms with E-state index in [9.17, 15) is 13.2 Å². The number of alkyl halides is 3. The number of hydrogen-bond acceptors (Lipinski definition) is 11. The maximum absolute atomic E-state index is 13.5. The lowest BCUT2D eigenvalue weighted by Crippen LogP contribution is -2.25. The van der Waals surface area contributed by atoms with Gasteiger partial charge in [0.25, 0.3) is 0 Å². The summed E-state index contributed by atoms with van der Waals surface area (Å²) < 4.78 is 47.5. The average molecular weight is 642 g/mol. The molecule has 15 heteroatoms. The number of nitrogens with zero attached hydrogens (tertiary/aromatic N) is 10. The SMILES string of the molecule is COc1ncnc(C2CC2)c1-c1ncnc(N(CC#Cc2ccc(N)nn2)Cc2ccc(-c3nc(C(F)(F)F)cn3C(C)C)cc2)n1. The number of anilines is 2. The van der Waals surface area contributed by atoms with Gasteiger partial charge >= 0.3 is 6.18 Å². The molecule has 4 aromatic heterocycles. The van der Waals surface area contributed by atoms with E-state index < -0.39 is 11.9 Å². The molecule has 0 spiro atoms. The Labute approximate surface area is 268 Å². The van der Waals surface area contributed by atoms with Crippen molar-refractivity contribution in [2.45, 2.75) is 51.4 Å². The molecule has 1 aliphatic rings. The molecule has 0 unspecified atom stereocenters. The van der Waals surface area contributed by atoms with Gasteiger partial charge in [0.1, 0.15) is 35.6 Å². The first kappa shape index (κ1) is 31.3. The van der Waals surface area contributed by atoms with E-state index >= 15 is 0 Å². The summed E-state index contributed by atoms with van der Waals surface area (Å²) in [5.74, 6) is 7.96. The van der Waals surface area contributed by atoms with Crippen molar-refractivity contribution in [3.8, 4) is 40.5 Å². The van der Waals surface area contributed by atoms with Crippen LogP contribution in [0.2, 0.25) is 0 Å². The molecule has 1 fully saturated rings. The number of methoxy groups -OCH3 is 1. The number of rotatable bonds is 9. The van der Waals surface area contributed by atoms with Crippen molar-refractivity contribution in [3.05, 3.63) is 77.9 Å². The fourth-order valence-corrected chi connectivity index (χ4v) is 4.92. The number of hydrogen-bond donors (Lipinski definition) is 1. The van der Waals surface area contributed by atoms with Gasteiger partial charge in [-0.15, -0.1) is 10.2 Å². The smallest absolute Gasteiger partial charge is 0.434 e. The van der Waals surface area contributed by atoms with Gasteiger partial charge in [0, 0.05) is 30.3 Å². The molecule has 1 aliphatic carbocycles. The highest BCUT2D eigenvalue weighted by molar-refractivity contribution is 5.66. The fraction of sp³-hybridized carbons (Fsp3) is 0.312. The van der Waals surface area contributed by atoms with Crippen molar-refractivity contribution in [3.63, 3.8) is 0 Å². The number of ether oxygens (including phenoxy) is 1. The van der Waals surface area contributed by atoms with Crippen LogP contribution in [0.5, 0.6) is 5.88 Å². The van der Waals surface area contributed by atoms with Crippen LogP contribution in [0.4, 0.5) is 24.9 Å². The van der Waals surface area contributed by atoms with Crippen LogP contribution in [0, 0.1) is 11.8 Å². The summed E-state index contributed by atoms with van der Waals surface area (Å²) in [4.78, 5) is 28.2. The van der Waals surface area contributed by atoms with Gasteiger partial charge in [-0.25, -0.2) is 24.9 Å². The van der Waals surface area contributed by atoms with Gasteiger partial charge in [0.2, 0.25) is 11.8 Å². The second-order valence-corrected chi connectivity index (χ2v) is 11.2. The van der Waals surface area contributed by atoms with Gasteiger partial charge < -0.3 is 19.9 Å². The van der Waals surface area contributed by atoms with E-state index in [0.717, 1.165) is 30.3 Å². The summed E-state index contributed by atoms with van der Waals surface area (Å²) in [6.45, 7) is 4.13. The Bertz CT molecular complexity index is 1930. The monoisotopic (exact) mass is 641 g/mol. The first-order valence-corrected chi connectivity index (χ1v) is 14.8. The highest BCUT2D eigenvalue weighted by Gasteiger charge is 2.35. The molecule has 47 heavy (non-hydrogen) atoms. The maximum Gasteiger partial charge on any atom is 0.434 e. The van der Waals surface area contributed by atoms with Crippen LogP contribution in [0.1, 0.15) is 61.3 Å². The van der Waals surface area contributed by atoms with Crippen molar-refractivity contribution in [2.75, 3.05) is 24.3 Å². The van der Waals surface area contributed by atoms with Gasteiger partial charge in [0.15, 0.2) is 11.5 Å². The van der Waals surface area contributed by atoms with Crippen LogP contribution >= 0.6 is 0 Å². The van der Waals surface area contributed by atoms with E-state index in [1.54, 1.807) is 24.3 Å². The molecule has 6 rings (SSSR count). The van der Waals surface area contributed by atoms with Gasteiger partial charge in [-0.05, 0) is 50.3 Å². The number of benzene rings is 1. The first-order chi connectivity index (χ1) is 22.6. The fourth-order valence-electron chi connectivity index (χ4n) is 4.92. The summed E-state index contributed by atoms with van der Waals surface area (Å²) in [6.07, 6.45) is 1.39. The molecule has 0 radical (unpaired) electrons.